The molecule has 1 atom stereocenters. The Morgan fingerprint density at radius 2 is 1.90 bits per heavy atom. The van der Waals surface area contributed by atoms with E-state index in [2.05, 4.69) is 23.6 Å². The van der Waals surface area contributed by atoms with Gasteiger partial charge >= 0.3 is 0 Å². The molecule has 1 saturated carbocycles. The van der Waals surface area contributed by atoms with E-state index in [1.807, 2.05) is 24.3 Å². The lowest BCUT2D eigenvalue weighted by atomic mass is 9.96. The number of amidine groups is 1. The molecule has 1 aliphatic heterocycles. The fourth-order valence-electron chi connectivity index (χ4n) is 2.98. The van der Waals surface area contributed by atoms with Crippen molar-refractivity contribution in [2.75, 3.05) is 11.5 Å². The first-order valence-electron chi connectivity index (χ1n) is 7.56. The summed E-state index contributed by atoms with van der Waals surface area (Å²) in [6, 6.07) is 11.7. The predicted octanol–water partition coefficient (Wildman–Crippen LogP) is 3.77. The summed E-state index contributed by atoms with van der Waals surface area (Å²) in [5.74, 6) is 0. The summed E-state index contributed by atoms with van der Waals surface area (Å²) < 4.78 is 5.83. The van der Waals surface area contributed by atoms with Crippen LogP contribution in [0.3, 0.4) is 0 Å². The van der Waals surface area contributed by atoms with E-state index in [9.17, 15) is 0 Å². The smallest absolute Gasteiger partial charge is 0.292 e. The summed E-state index contributed by atoms with van der Waals surface area (Å²) in [4.78, 5) is 7.03. The first-order chi connectivity index (χ1) is 9.88. The quantitative estimate of drug-likeness (QED) is 0.781. The molecule has 3 rings (SSSR count). The van der Waals surface area contributed by atoms with Crippen molar-refractivity contribution in [3.8, 4) is 0 Å². The Bertz CT molecular complexity index is 477. The molecule has 3 nitrogen and oxygen atoms in total. The van der Waals surface area contributed by atoms with Crippen LogP contribution in [0, 0.1) is 0 Å². The van der Waals surface area contributed by atoms with Crippen molar-refractivity contribution >= 4 is 11.7 Å². The molecule has 0 aromatic heterocycles. The van der Waals surface area contributed by atoms with Gasteiger partial charge < -0.3 is 4.74 Å². The first-order valence-corrected chi connectivity index (χ1v) is 7.56. The van der Waals surface area contributed by atoms with Gasteiger partial charge in [0, 0.05) is 5.69 Å². The van der Waals surface area contributed by atoms with Crippen LogP contribution in [0.5, 0.6) is 0 Å². The Balaban J connectivity index is 1.85. The molecule has 1 aliphatic carbocycles. The van der Waals surface area contributed by atoms with Gasteiger partial charge in [-0.05, 0) is 25.0 Å². The van der Waals surface area contributed by atoms with Gasteiger partial charge in [-0.25, -0.2) is 4.99 Å². The first kappa shape index (κ1) is 13.2. The maximum atomic E-state index is 5.83. The number of hydrogen-bond acceptors (Lipinski definition) is 2. The van der Waals surface area contributed by atoms with E-state index >= 15 is 0 Å². The van der Waals surface area contributed by atoms with Crippen molar-refractivity contribution in [3.05, 3.63) is 43.0 Å². The van der Waals surface area contributed by atoms with Gasteiger partial charge in [0.25, 0.3) is 6.02 Å². The molecule has 20 heavy (non-hydrogen) atoms. The van der Waals surface area contributed by atoms with Gasteiger partial charge in [-0.1, -0.05) is 43.5 Å². The molecule has 0 spiro atoms. The molecule has 1 heterocycles. The molecule has 1 aromatic rings. The van der Waals surface area contributed by atoms with Crippen molar-refractivity contribution in [2.24, 2.45) is 4.99 Å². The average molecular weight is 270 g/mol. The minimum Gasteiger partial charge on any atom is -0.462 e. The van der Waals surface area contributed by atoms with Crippen molar-refractivity contribution < 1.29 is 4.74 Å². The van der Waals surface area contributed by atoms with Gasteiger partial charge in [0.2, 0.25) is 0 Å². The Hall–Kier alpha value is -1.77. The third kappa shape index (κ3) is 2.72. The lowest BCUT2D eigenvalue weighted by molar-refractivity contribution is 0.331. The van der Waals surface area contributed by atoms with Gasteiger partial charge in [0.15, 0.2) is 0 Å². The van der Waals surface area contributed by atoms with Crippen molar-refractivity contribution in [1.29, 1.82) is 0 Å². The van der Waals surface area contributed by atoms with E-state index in [-0.39, 0.29) is 6.04 Å². The van der Waals surface area contributed by atoms with E-state index in [1.165, 1.54) is 32.1 Å². The van der Waals surface area contributed by atoms with Crippen LogP contribution in [0.2, 0.25) is 0 Å². The number of rotatable bonds is 3. The molecule has 2 fully saturated rings. The normalized spacial score (nSPS) is 25.7. The molecule has 1 unspecified atom stereocenters. The molecule has 0 radical (unpaired) electrons. The highest BCUT2D eigenvalue weighted by atomic mass is 16.5. The second-order valence-corrected chi connectivity index (χ2v) is 5.52. The van der Waals surface area contributed by atoms with Crippen LogP contribution in [0.4, 0.5) is 5.69 Å². The van der Waals surface area contributed by atoms with Crippen LogP contribution in [0.25, 0.3) is 0 Å². The van der Waals surface area contributed by atoms with Gasteiger partial charge in [0.1, 0.15) is 6.61 Å². The lowest BCUT2D eigenvalue weighted by Gasteiger charge is -2.23. The fourth-order valence-corrected chi connectivity index (χ4v) is 2.98. The molecule has 106 valence electrons. The number of nitrogens with zero attached hydrogens (tertiary/aromatic N) is 2. The van der Waals surface area contributed by atoms with Crippen LogP contribution in [0.1, 0.15) is 32.1 Å². The number of aliphatic imine (C=N–C) groups is 1. The molecule has 0 bridgehead atoms. The largest absolute Gasteiger partial charge is 0.462 e. The van der Waals surface area contributed by atoms with Gasteiger partial charge in [-0.3, -0.25) is 4.90 Å². The van der Waals surface area contributed by atoms with Crippen LogP contribution < -0.4 is 4.90 Å². The maximum absolute atomic E-state index is 5.83. The highest BCUT2D eigenvalue weighted by molar-refractivity contribution is 5.94. The second-order valence-electron chi connectivity index (χ2n) is 5.52. The molecule has 1 saturated heterocycles. The SMILES string of the molecule is C=CC1COC(=NC2CCCCC2)N1c1ccccc1. The lowest BCUT2D eigenvalue weighted by Crippen LogP contribution is -2.33. The summed E-state index contributed by atoms with van der Waals surface area (Å²) in [6.45, 7) is 4.57. The second kappa shape index (κ2) is 6.12. The van der Waals surface area contributed by atoms with Crippen LogP contribution >= 0.6 is 0 Å². The van der Waals surface area contributed by atoms with Crippen LogP contribution in [0.15, 0.2) is 48.0 Å². The number of benzene rings is 1. The third-order valence-electron chi connectivity index (χ3n) is 4.10. The minimum absolute atomic E-state index is 0.180. The van der Waals surface area contributed by atoms with E-state index in [1.54, 1.807) is 0 Å². The maximum Gasteiger partial charge on any atom is 0.292 e. The monoisotopic (exact) mass is 270 g/mol. The molecule has 2 aliphatic rings. The van der Waals surface area contributed by atoms with E-state index < -0.39 is 0 Å². The summed E-state index contributed by atoms with van der Waals surface area (Å²) in [6.07, 6.45) is 8.24. The molecular formula is C17H22N2O. The number of ether oxygens (including phenoxy) is 1. The van der Waals surface area contributed by atoms with Gasteiger partial charge in [0.05, 0.1) is 12.1 Å². The topological polar surface area (TPSA) is 24.8 Å². The highest BCUT2D eigenvalue weighted by Gasteiger charge is 2.31. The van der Waals surface area contributed by atoms with Crippen LogP contribution in [-0.4, -0.2) is 24.7 Å². The average Bonchev–Trinajstić information content (AvgIpc) is 2.92. The van der Waals surface area contributed by atoms with E-state index in [0.29, 0.717) is 12.6 Å². The Morgan fingerprint density at radius 1 is 1.15 bits per heavy atom. The Labute approximate surface area is 121 Å². The Kier molecular flexibility index (Phi) is 4.05. The fraction of sp³-hybridized carbons (Fsp3) is 0.471. The molecule has 0 amide bonds. The van der Waals surface area contributed by atoms with E-state index in [4.69, 9.17) is 9.73 Å². The van der Waals surface area contributed by atoms with Gasteiger partial charge in [-0.15, -0.1) is 6.58 Å². The van der Waals surface area contributed by atoms with Crippen molar-refractivity contribution in [2.45, 2.75) is 44.2 Å². The minimum atomic E-state index is 0.180. The highest BCUT2D eigenvalue weighted by Crippen LogP contribution is 2.26. The van der Waals surface area contributed by atoms with E-state index in [0.717, 1.165) is 11.7 Å². The standard InChI is InChI=1S/C17H22N2O/c1-2-15-13-20-17(18-14-9-5-3-6-10-14)19(15)16-11-7-4-8-12-16/h2,4,7-8,11-12,14-15H,1,3,5-6,9-10,13H2. The van der Waals surface area contributed by atoms with Crippen molar-refractivity contribution in [3.63, 3.8) is 0 Å². The van der Waals surface area contributed by atoms with Crippen LogP contribution in [-0.2, 0) is 4.74 Å². The Morgan fingerprint density at radius 3 is 2.60 bits per heavy atom. The zero-order valence-electron chi connectivity index (χ0n) is 11.9. The zero-order valence-corrected chi connectivity index (χ0v) is 11.9. The number of hydrogen-bond donors (Lipinski definition) is 0. The summed E-state index contributed by atoms with van der Waals surface area (Å²) in [5, 5.41) is 0. The zero-order chi connectivity index (χ0) is 13.8. The summed E-state index contributed by atoms with van der Waals surface area (Å²) >= 11 is 0. The molecular weight excluding hydrogens is 248 g/mol. The predicted molar refractivity (Wildman–Crippen MR) is 83.2 cm³/mol. The third-order valence-corrected chi connectivity index (χ3v) is 4.10. The molecule has 0 N–H and O–H groups in total. The van der Waals surface area contributed by atoms with Crippen molar-refractivity contribution in [1.82, 2.24) is 0 Å². The van der Waals surface area contributed by atoms with Gasteiger partial charge in [-0.2, -0.15) is 0 Å². The molecule has 3 heteroatoms. The summed E-state index contributed by atoms with van der Waals surface area (Å²) in [7, 11) is 0. The number of anilines is 1. The number of para-hydroxylation sites is 1. The summed E-state index contributed by atoms with van der Waals surface area (Å²) in [5.41, 5.74) is 1.13. The molecule has 1 aromatic carbocycles.